The number of ether oxygens (including phenoxy) is 2. The highest BCUT2D eigenvalue weighted by Crippen LogP contribution is 2.35. The van der Waals surface area contributed by atoms with Gasteiger partial charge in [0.15, 0.2) is 0 Å². The minimum atomic E-state index is -0.642. The van der Waals surface area contributed by atoms with E-state index in [2.05, 4.69) is 4.99 Å². The van der Waals surface area contributed by atoms with Crippen LogP contribution < -0.4 is 0 Å². The number of hydrogen-bond donors (Lipinski definition) is 0. The largest absolute Gasteiger partial charge is 0.468 e. The Morgan fingerprint density at radius 2 is 1.76 bits per heavy atom. The van der Waals surface area contributed by atoms with Crippen LogP contribution in [0.3, 0.4) is 0 Å². The second-order valence-electron chi connectivity index (χ2n) is 4.81. The highest BCUT2D eigenvalue weighted by molar-refractivity contribution is 5.99. The Bertz CT molecular complexity index is 601. The molecule has 0 aromatic heterocycles. The number of aliphatic imine (C=N–C) groups is 1. The van der Waals surface area contributed by atoms with Crippen LogP contribution in [0.4, 0.5) is 0 Å². The fourth-order valence-corrected chi connectivity index (χ4v) is 2.37. The average molecular weight is 287 g/mol. The summed E-state index contributed by atoms with van der Waals surface area (Å²) in [5.41, 5.74) is 2.29. The predicted octanol–water partition coefficient (Wildman–Crippen LogP) is 2.01. The number of methoxy groups -OCH3 is 2. The second kappa shape index (κ2) is 6.35. The van der Waals surface area contributed by atoms with Crippen LogP contribution in [0.2, 0.25) is 0 Å². The monoisotopic (exact) mass is 287 g/mol. The summed E-state index contributed by atoms with van der Waals surface area (Å²) in [7, 11) is 2.62. The number of benzene rings is 1. The summed E-state index contributed by atoms with van der Waals surface area (Å²) in [6.45, 7) is 1.97. The number of esters is 2. The van der Waals surface area contributed by atoms with E-state index in [-0.39, 0.29) is 0 Å². The number of hydrogen-bond acceptors (Lipinski definition) is 5. The van der Waals surface area contributed by atoms with Gasteiger partial charge in [-0.1, -0.05) is 29.8 Å². The molecule has 1 unspecified atom stereocenters. The molecule has 21 heavy (non-hydrogen) atoms. The van der Waals surface area contributed by atoms with Crippen molar-refractivity contribution in [2.45, 2.75) is 12.8 Å². The van der Waals surface area contributed by atoms with Gasteiger partial charge in [0.2, 0.25) is 0 Å². The van der Waals surface area contributed by atoms with Crippen LogP contribution in [-0.2, 0) is 19.1 Å². The first kappa shape index (κ1) is 15.0. The normalized spacial score (nSPS) is 20.6. The summed E-state index contributed by atoms with van der Waals surface area (Å²) < 4.78 is 9.61. The Hall–Kier alpha value is -2.43. The Morgan fingerprint density at radius 3 is 2.33 bits per heavy atom. The van der Waals surface area contributed by atoms with Gasteiger partial charge in [0.25, 0.3) is 0 Å². The van der Waals surface area contributed by atoms with E-state index in [1.165, 1.54) is 26.6 Å². The maximum absolute atomic E-state index is 12.0. The van der Waals surface area contributed by atoms with Crippen molar-refractivity contribution in [1.29, 1.82) is 0 Å². The summed E-state index contributed by atoms with van der Waals surface area (Å²) in [6, 6.07) is 7.66. The molecule has 5 heteroatoms. The standard InChI is InChI=1S/C16H17NO4/c1-10-4-6-11(7-5-10)14-12(15(18)20-2)8-17-9-13(14)16(19)21-3/h4-9,12,14H,1-3H3/t12?,14-/m1/s1. The summed E-state index contributed by atoms with van der Waals surface area (Å²) in [4.78, 5) is 27.9. The molecule has 110 valence electrons. The van der Waals surface area contributed by atoms with Gasteiger partial charge in [-0.2, -0.15) is 0 Å². The van der Waals surface area contributed by atoms with Crippen molar-refractivity contribution in [2.75, 3.05) is 14.2 Å². The first-order chi connectivity index (χ1) is 10.1. The molecule has 0 bridgehead atoms. The molecule has 1 aliphatic rings. The Morgan fingerprint density at radius 1 is 1.10 bits per heavy atom. The fourth-order valence-electron chi connectivity index (χ4n) is 2.37. The lowest BCUT2D eigenvalue weighted by molar-refractivity contribution is -0.143. The van der Waals surface area contributed by atoms with E-state index in [9.17, 15) is 9.59 Å². The van der Waals surface area contributed by atoms with Crippen molar-refractivity contribution in [1.82, 2.24) is 0 Å². The lowest BCUT2D eigenvalue weighted by Crippen LogP contribution is -2.31. The molecule has 0 radical (unpaired) electrons. The molecule has 2 atom stereocenters. The quantitative estimate of drug-likeness (QED) is 0.798. The summed E-state index contributed by atoms with van der Waals surface area (Å²) >= 11 is 0. The molecule has 0 N–H and O–H groups in total. The van der Waals surface area contributed by atoms with Crippen molar-refractivity contribution < 1.29 is 19.1 Å². The molecule has 0 saturated carbocycles. The van der Waals surface area contributed by atoms with Gasteiger partial charge in [-0.3, -0.25) is 9.79 Å². The van der Waals surface area contributed by atoms with E-state index < -0.39 is 23.8 Å². The van der Waals surface area contributed by atoms with Crippen LogP contribution in [0.15, 0.2) is 41.0 Å². The molecule has 0 aliphatic carbocycles. The molecule has 0 saturated heterocycles. The van der Waals surface area contributed by atoms with Crippen LogP contribution in [0.5, 0.6) is 0 Å². The summed E-state index contributed by atoms with van der Waals surface area (Å²) in [5, 5.41) is 0. The number of aryl methyl sites for hydroxylation is 1. The maximum Gasteiger partial charge on any atom is 0.335 e. The molecule has 0 spiro atoms. The van der Waals surface area contributed by atoms with E-state index in [1.807, 2.05) is 31.2 Å². The van der Waals surface area contributed by atoms with Crippen molar-refractivity contribution in [3.63, 3.8) is 0 Å². The maximum atomic E-state index is 12.0. The topological polar surface area (TPSA) is 65.0 Å². The van der Waals surface area contributed by atoms with Gasteiger partial charge < -0.3 is 9.47 Å². The third-order valence-corrected chi connectivity index (χ3v) is 3.49. The van der Waals surface area contributed by atoms with Crippen LogP contribution in [0.25, 0.3) is 0 Å². The molecule has 1 aromatic rings. The fraction of sp³-hybridized carbons (Fsp3) is 0.312. The Kier molecular flexibility index (Phi) is 4.52. The van der Waals surface area contributed by atoms with Crippen molar-refractivity contribution in [2.24, 2.45) is 10.9 Å². The first-order valence-electron chi connectivity index (χ1n) is 6.54. The van der Waals surface area contributed by atoms with Gasteiger partial charge in [0.05, 0.1) is 19.8 Å². The van der Waals surface area contributed by atoms with Gasteiger partial charge in [-0.05, 0) is 12.5 Å². The van der Waals surface area contributed by atoms with Gasteiger partial charge in [-0.15, -0.1) is 0 Å². The third-order valence-electron chi connectivity index (χ3n) is 3.49. The Balaban J connectivity index is 2.47. The van der Waals surface area contributed by atoms with E-state index >= 15 is 0 Å². The van der Waals surface area contributed by atoms with E-state index in [0.717, 1.165) is 11.1 Å². The minimum Gasteiger partial charge on any atom is -0.468 e. The van der Waals surface area contributed by atoms with Crippen LogP contribution in [-0.4, -0.2) is 32.4 Å². The van der Waals surface area contributed by atoms with Crippen molar-refractivity contribution >= 4 is 18.2 Å². The van der Waals surface area contributed by atoms with Crippen molar-refractivity contribution in [3.05, 3.63) is 47.2 Å². The number of carbonyl (C=O) groups excluding carboxylic acids is 2. The van der Waals surface area contributed by atoms with E-state index in [0.29, 0.717) is 5.57 Å². The van der Waals surface area contributed by atoms with E-state index in [1.54, 1.807) is 0 Å². The zero-order chi connectivity index (χ0) is 15.4. The van der Waals surface area contributed by atoms with Gasteiger partial charge in [0.1, 0.15) is 5.92 Å². The molecular formula is C16H17NO4. The molecule has 5 nitrogen and oxygen atoms in total. The molecule has 1 aliphatic heterocycles. The Labute approximate surface area is 123 Å². The number of carbonyl (C=O) groups is 2. The molecule has 0 fully saturated rings. The number of nitrogens with zero attached hydrogens (tertiary/aromatic N) is 1. The average Bonchev–Trinajstić information content (AvgIpc) is 2.53. The molecule has 1 aromatic carbocycles. The van der Waals surface area contributed by atoms with Crippen molar-refractivity contribution in [3.8, 4) is 0 Å². The molecule has 1 heterocycles. The van der Waals surface area contributed by atoms with E-state index in [4.69, 9.17) is 9.47 Å². The smallest absolute Gasteiger partial charge is 0.335 e. The van der Waals surface area contributed by atoms with Gasteiger partial charge in [-0.25, -0.2) is 4.79 Å². The van der Waals surface area contributed by atoms with Gasteiger partial charge >= 0.3 is 11.9 Å². The first-order valence-corrected chi connectivity index (χ1v) is 6.54. The summed E-state index contributed by atoms with van der Waals surface area (Å²) in [5.74, 6) is -2.02. The minimum absolute atomic E-state index is 0.347. The highest BCUT2D eigenvalue weighted by Gasteiger charge is 2.37. The van der Waals surface area contributed by atoms with Crippen LogP contribution in [0, 0.1) is 12.8 Å². The third kappa shape index (κ3) is 3.02. The lowest BCUT2D eigenvalue weighted by atomic mass is 9.79. The van der Waals surface area contributed by atoms with Crippen LogP contribution >= 0.6 is 0 Å². The SMILES string of the molecule is COC(=O)C1=CN=CC(C(=O)OC)[C@H]1c1ccc(C)cc1. The highest BCUT2D eigenvalue weighted by atomic mass is 16.5. The molecule has 2 rings (SSSR count). The zero-order valence-electron chi connectivity index (χ0n) is 12.2. The number of rotatable bonds is 3. The lowest BCUT2D eigenvalue weighted by Gasteiger charge is -2.26. The molecular weight excluding hydrogens is 270 g/mol. The van der Waals surface area contributed by atoms with Crippen LogP contribution in [0.1, 0.15) is 17.0 Å². The second-order valence-corrected chi connectivity index (χ2v) is 4.81. The molecule has 0 amide bonds. The zero-order valence-corrected chi connectivity index (χ0v) is 12.2. The van der Waals surface area contributed by atoms with Gasteiger partial charge in [0, 0.05) is 18.3 Å². The predicted molar refractivity (Wildman–Crippen MR) is 78.0 cm³/mol. The summed E-state index contributed by atoms with van der Waals surface area (Å²) in [6.07, 6.45) is 2.94.